The van der Waals surface area contributed by atoms with Crippen LogP contribution in [0.1, 0.15) is 52.9 Å². The van der Waals surface area contributed by atoms with Crippen LogP contribution in [0.5, 0.6) is 0 Å². The number of hydrogen-bond donors (Lipinski definition) is 0. The number of rotatable bonds is 9. The second-order valence-corrected chi connectivity index (χ2v) is 4.33. The lowest BCUT2D eigenvalue weighted by molar-refractivity contribution is -0.127. The molecule has 0 amide bonds. The number of hydrogen-bond acceptors (Lipinski definition) is 2. The lowest BCUT2D eigenvalue weighted by Gasteiger charge is -2.18. The van der Waals surface area contributed by atoms with Gasteiger partial charge in [-0.1, -0.05) is 33.6 Å². The Morgan fingerprint density at radius 2 is 1.93 bits per heavy atom. The van der Waals surface area contributed by atoms with Crippen LogP contribution in [0.25, 0.3) is 0 Å². The Labute approximate surface area is 94.4 Å². The van der Waals surface area contributed by atoms with Crippen LogP contribution in [-0.4, -0.2) is 19.5 Å². The van der Waals surface area contributed by atoms with Crippen LogP contribution >= 0.6 is 0 Å². The molecule has 2 unspecified atom stereocenters. The van der Waals surface area contributed by atoms with Gasteiger partial charge in [0.2, 0.25) is 0 Å². The summed E-state index contributed by atoms with van der Waals surface area (Å²) in [7, 11) is 1.69. The van der Waals surface area contributed by atoms with Crippen molar-refractivity contribution >= 4 is 5.78 Å². The summed E-state index contributed by atoms with van der Waals surface area (Å²) < 4.78 is 5.00. The van der Waals surface area contributed by atoms with Crippen LogP contribution in [0.15, 0.2) is 0 Å². The topological polar surface area (TPSA) is 26.3 Å². The van der Waals surface area contributed by atoms with Gasteiger partial charge in [-0.15, -0.1) is 0 Å². The van der Waals surface area contributed by atoms with E-state index in [1.165, 1.54) is 12.8 Å². The van der Waals surface area contributed by atoms with Crippen molar-refractivity contribution in [2.75, 3.05) is 13.7 Å². The Balaban J connectivity index is 4.00. The molecule has 2 heteroatoms. The summed E-state index contributed by atoms with van der Waals surface area (Å²) >= 11 is 0. The number of ether oxygens (including phenoxy) is 1. The molecule has 0 aromatic rings. The summed E-state index contributed by atoms with van der Waals surface area (Å²) in [6, 6.07) is 0. The number of methoxy groups -OCH3 is 1. The highest BCUT2D eigenvalue weighted by Crippen LogP contribution is 2.19. The van der Waals surface area contributed by atoms with Crippen LogP contribution in [0.2, 0.25) is 0 Å². The zero-order valence-electron chi connectivity index (χ0n) is 10.7. The minimum Gasteiger partial charge on any atom is -0.385 e. The van der Waals surface area contributed by atoms with Crippen molar-refractivity contribution in [2.45, 2.75) is 52.9 Å². The van der Waals surface area contributed by atoms with Crippen molar-refractivity contribution < 1.29 is 9.53 Å². The first-order valence-corrected chi connectivity index (χ1v) is 6.19. The van der Waals surface area contributed by atoms with E-state index in [0.717, 1.165) is 19.3 Å². The lowest BCUT2D eigenvalue weighted by Crippen LogP contribution is -2.22. The molecule has 0 aliphatic rings. The molecular formula is C13H26O2. The van der Waals surface area contributed by atoms with Gasteiger partial charge in [0.15, 0.2) is 0 Å². The second kappa shape index (κ2) is 8.90. The minimum atomic E-state index is 0.159. The van der Waals surface area contributed by atoms with Gasteiger partial charge < -0.3 is 4.74 Å². The fraction of sp³-hybridized carbons (Fsp3) is 0.923. The lowest BCUT2D eigenvalue weighted by atomic mass is 9.87. The van der Waals surface area contributed by atoms with E-state index in [1.54, 1.807) is 7.11 Å². The van der Waals surface area contributed by atoms with Crippen LogP contribution in [0.4, 0.5) is 0 Å². The van der Waals surface area contributed by atoms with Gasteiger partial charge in [-0.05, 0) is 19.3 Å². The van der Waals surface area contributed by atoms with Crippen LogP contribution in [-0.2, 0) is 9.53 Å². The van der Waals surface area contributed by atoms with Gasteiger partial charge in [-0.3, -0.25) is 4.79 Å². The smallest absolute Gasteiger partial charge is 0.138 e. The van der Waals surface area contributed by atoms with Gasteiger partial charge in [-0.2, -0.15) is 0 Å². The summed E-state index contributed by atoms with van der Waals surface area (Å²) in [6.45, 7) is 7.00. The predicted octanol–water partition coefficient (Wildman–Crippen LogP) is 3.44. The average Bonchev–Trinajstić information content (AvgIpc) is 2.26. The van der Waals surface area contributed by atoms with Crippen molar-refractivity contribution in [2.24, 2.45) is 11.8 Å². The minimum absolute atomic E-state index is 0.159. The van der Waals surface area contributed by atoms with Crippen molar-refractivity contribution in [3.63, 3.8) is 0 Å². The predicted molar refractivity (Wildman–Crippen MR) is 64.0 cm³/mol. The molecular weight excluding hydrogens is 188 g/mol. The first kappa shape index (κ1) is 14.6. The zero-order chi connectivity index (χ0) is 11.7. The van der Waals surface area contributed by atoms with Gasteiger partial charge in [0.25, 0.3) is 0 Å². The Hall–Kier alpha value is -0.370. The SMILES string of the molecule is CCCCC(CC)C(=O)C(C)CCOC. The standard InChI is InChI=1S/C13H26O2/c1-5-7-8-12(6-2)13(14)11(3)9-10-15-4/h11-12H,5-10H2,1-4H3. The molecule has 15 heavy (non-hydrogen) atoms. The van der Waals surface area contributed by atoms with Gasteiger partial charge >= 0.3 is 0 Å². The largest absolute Gasteiger partial charge is 0.385 e. The molecule has 0 fully saturated rings. The van der Waals surface area contributed by atoms with E-state index in [4.69, 9.17) is 4.74 Å². The fourth-order valence-electron chi connectivity index (χ4n) is 1.84. The third kappa shape index (κ3) is 5.93. The van der Waals surface area contributed by atoms with Crippen LogP contribution in [0.3, 0.4) is 0 Å². The second-order valence-electron chi connectivity index (χ2n) is 4.33. The highest BCUT2D eigenvalue weighted by Gasteiger charge is 2.21. The first-order chi connectivity index (χ1) is 7.17. The Morgan fingerprint density at radius 1 is 1.27 bits per heavy atom. The molecule has 0 heterocycles. The molecule has 2 atom stereocenters. The van der Waals surface area contributed by atoms with Crippen LogP contribution in [0, 0.1) is 11.8 Å². The summed E-state index contributed by atoms with van der Waals surface area (Å²) in [4.78, 5) is 12.0. The van der Waals surface area contributed by atoms with E-state index in [2.05, 4.69) is 13.8 Å². The van der Waals surface area contributed by atoms with Crippen molar-refractivity contribution in [3.8, 4) is 0 Å². The highest BCUT2D eigenvalue weighted by molar-refractivity contribution is 5.83. The van der Waals surface area contributed by atoms with Crippen molar-refractivity contribution in [1.82, 2.24) is 0 Å². The molecule has 0 aromatic heterocycles. The highest BCUT2D eigenvalue weighted by atomic mass is 16.5. The Morgan fingerprint density at radius 3 is 2.40 bits per heavy atom. The Kier molecular flexibility index (Phi) is 8.68. The molecule has 2 nitrogen and oxygen atoms in total. The number of carbonyl (C=O) groups excluding carboxylic acids is 1. The summed E-state index contributed by atoms with van der Waals surface area (Å²) in [5.74, 6) is 0.867. The van der Waals surface area contributed by atoms with Crippen LogP contribution < -0.4 is 0 Å². The number of Topliss-reactive ketones (excluding diaryl/α,β-unsaturated/α-hetero) is 1. The molecule has 0 aromatic carbocycles. The first-order valence-electron chi connectivity index (χ1n) is 6.19. The van der Waals surface area contributed by atoms with Gasteiger partial charge in [-0.25, -0.2) is 0 Å². The maximum absolute atomic E-state index is 12.0. The van der Waals surface area contributed by atoms with E-state index in [0.29, 0.717) is 12.4 Å². The quantitative estimate of drug-likeness (QED) is 0.587. The average molecular weight is 214 g/mol. The van der Waals surface area contributed by atoms with Gasteiger partial charge in [0.05, 0.1) is 0 Å². The monoisotopic (exact) mass is 214 g/mol. The third-order valence-electron chi connectivity index (χ3n) is 3.04. The molecule has 0 aliphatic carbocycles. The number of ketones is 1. The normalized spacial score (nSPS) is 14.9. The molecule has 0 rings (SSSR count). The molecule has 0 saturated heterocycles. The van der Waals surface area contributed by atoms with Gasteiger partial charge in [0.1, 0.15) is 5.78 Å². The number of unbranched alkanes of at least 4 members (excludes halogenated alkanes) is 1. The zero-order valence-corrected chi connectivity index (χ0v) is 10.7. The third-order valence-corrected chi connectivity index (χ3v) is 3.04. The summed E-state index contributed by atoms with van der Waals surface area (Å²) in [6.07, 6.45) is 5.24. The fourth-order valence-corrected chi connectivity index (χ4v) is 1.84. The number of carbonyl (C=O) groups is 1. The molecule has 0 N–H and O–H groups in total. The molecule has 0 spiro atoms. The van der Waals surface area contributed by atoms with E-state index < -0.39 is 0 Å². The molecule has 0 saturated carbocycles. The van der Waals surface area contributed by atoms with E-state index in [1.807, 2.05) is 6.92 Å². The maximum atomic E-state index is 12.0. The van der Waals surface area contributed by atoms with E-state index in [-0.39, 0.29) is 11.8 Å². The molecule has 0 bridgehead atoms. The van der Waals surface area contributed by atoms with Crippen molar-refractivity contribution in [1.29, 1.82) is 0 Å². The summed E-state index contributed by atoms with van der Waals surface area (Å²) in [5, 5.41) is 0. The van der Waals surface area contributed by atoms with Crippen molar-refractivity contribution in [3.05, 3.63) is 0 Å². The maximum Gasteiger partial charge on any atom is 0.138 e. The molecule has 90 valence electrons. The Bertz CT molecular complexity index is 166. The summed E-state index contributed by atoms with van der Waals surface area (Å²) in [5.41, 5.74) is 0. The molecule has 0 aliphatic heterocycles. The van der Waals surface area contributed by atoms with Gasteiger partial charge in [0, 0.05) is 25.6 Å². The van der Waals surface area contributed by atoms with E-state index >= 15 is 0 Å². The van der Waals surface area contributed by atoms with E-state index in [9.17, 15) is 4.79 Å². The molecule has 0 radical (unpaired) electrons.